The maximum atomic E-state index is 12.6. The lowest BCUT2D eigenvalue weighted by atomic mass is 10.1. The molecule has 28 heavy (non-hydrogen) atoms. The van der Waals surface area contributed by atoms with Gasteiger partial charge in [0, 0.05) is 32.6 Å². The Balaban J connectivity index is 0.00000280. The van der Waals surface area contributed by atoms with Gasteiger partial charge in [-0.05, 0) is 24.1 Å². The molecule has 3 rings (SSSR count). The third-order valence-corrected chi connectivity index (χ3v) is 4.69. The van der Waals surface area contributed by atoms with Gasteiger partial charge in [-0.2, -0.15) is 0 Å². The minimum Gasteiger partial charge on any atom is -0.341 e. The van der Waals surface area contributed by atoms with Crippen molar-refractivity contribution in [3.8, 4) is 0 Å². The fraction of sp³-hybridized carbons (Fsp3) is 0.286. The molecule has 0 unspecified atom stereocenters. The summed E-state index contributed by atoms with van der Waals surface area (Å²) >= 11 is 0. The summed E-state index contributed by atoms with van der Waals surface area (Å²) in [6.07, 6.45) is 0.833. The number of benzene rings is 2. The Bertz CT molecular complexity index is 807. The number of hydrogen-bond acceptors (Lipinski definition) is 4. The lowest BCUT2D eigenvalue weighted by Crippen LogP contribution is -2.40. The summed E-state index contributed by atoms with van der Waals surface area (Å²) in [5.74, 6) is -0.774. The number of halogens is 1. The van der Waals surface area contributed by atoms with Crippen LogP contribution in [0.2, 0.25) is 0 Å². The Labute approximate surface area is 170 Å². The maximum absolute atomic E-state index is 12.6. The minimum atomic E-state index is -0.335. The second kappa shape index (κ2) is 10.0. The summed E-state index contributed by atoms with van der Waals surface area (Å²) in [5.41, 5.74) is 7.59. The van der Waals surface area contributed by atoms with Gasteiger partial charge in [0.15, 0.2) is 0 Å². The molecule has 0 saturated carbocycles. The van der Waals surface area contributed by atoms with E-state index >= 15 is 0 Å². The van der Waals surface area contributed by atoms with Crippen LogP contribution >= 0.6 is 12.4 Å². The molecule has 0 aromatic heterocycles. The van der Waals surface area contributed by atoms with E-state index in [-0.39, 0.29) is 43.1 Å². The SMILES string of the molecule is Cl.NCCN(CCc1ccccc1)C(=O)CCN1C(=O)c2ccccc2C1=O. The first-order valence-corrected chi connectivity index (χ1v) is 9.09. The Morgan fingerprint density at radius 3 is 2.04 bits per heavy atom. The number of amides is 3. The molecule has 0 spiro atoms. The van der Waals surface area contributed by atoms with Crippen LogP contribution < -0.4 is 5.73 Å². The van der Waals surface area contributed by atoms with Gasteiger partial charge in [0.1, 0.15) is 0 Å². The first-order chi connectivity index (χ1) is 13.1. The summed E-state index contributed by atoms with van der Waals surface area (Å²) in [5, 5.41) is 0. The van der Waals surface area contributed by atoms with E-state index in [0.29, 0.717) is 30.8 Å². The van der Waals surface area contributed by atoms with Gasteiger partial charge < -0.3 is 10.6 Å². The molecular formula is C21H24ClN3O3. The van der Waals surface area contributed by atoms with E-state index in [9.17, 15) is 14.4 Å². The van der Waals surface area contributed by atoms with Gasteiger partial charge in [0.25, 0.3) is 11.8 Å². The van der Waals surface area contributed by atoms with Crippen molar-refractivity contribution >= 4 is 30.1 Å². The summed E-state index contributed by atoms with van der Waals surface area (Å²) in [6.45, 7) is 1.46. The Morgan fingerprint density at radius 2 is 1.46 bits per heavy atom. The highest BCUT2D eigenvalue weighted by atomic mass is 35.5. The molecule has 1 aliphatic rings. The van der Waals surface area contributed by atoms with Gasteiger partial charge in [-0.25, -0.2) is 0 Å². The van der Waals surface area contributed by atoms with Crippen LogP contribution in [0.15, 0.2) is 54.6 Å². The number of imide groups is 1. The van der Waals surface area contributed by atoms with Crippen LogP contribution in [0, 0.1) is 0 Å². The highest BCUT2D eigenvalue weighted by Crippen LogP contribution is 2.22. The minimum absolute atomic E-state index is 0. The molecule has 3 amide bonds. The molecule has 7 heteroatoms. The zero-order valence-corrected chi connectivity index (χ0v) is 16.4. The summed E-state index contributed by atoms with van der Waals surface area (Å²) < 4.78 is 0. The molecule has 6 nitrogen and oxygen atoms in total. The molecule has 1 aliphatic heterocycles. The van der Waals surface area contributed by atoms with Crippen molar-refractivity contribution in [1.29, 1.82) is 0 Å². The quantitative estimate of drug-likeness (QED) is 0.687. The van der Waals surface area contributed by atoms with Gasteiger partial charge in [-0.3, -0.25) is 19.3 Å². The molecule has 0 bridgehead atoms. The van der Waals surface area contributed by atoms with Gasteiger partial charge in [-0.1, -0.05) is 42.5 Å². The number of carbonyl (C=O) groups excluding carboxylic acids is 3. The normalized spacial score (nSPS) is 12.5. The van der Waals surface area contributed by atoms with Crippen LogP contribution in [-0.2, 0) is 11.2 Å². The molecule has 2 aromatic carbocycles. The van der Waals surface area contributed by atoms with E-state index in [0.717, 1.165) is 16.9 Å². The van der Waals surface area contributed by atoms with Crippen molar-refractivity contribution in [3.05, 3.63) is 71.3 Å². The van der Waals surface area contributed by atoms with Crippen LogP contribution in [0.25, 0.3) is 0 Å². The van der Waals surface area contributed by atoms with Crippen LogP contribution in [0.1, 0.15) is 32.7 Å². The summed E-state index contributed by atoms with van der Waals surface area (Å²) in [6, 6.07) is 16.6. The van der Waals surface area contributed by atoms with Gasteiger partial charge in [0.05, 0.1) is 11.1 Å². The van der Waals surface area contributed by atoms with Gasteiger partial charge in [-0.15, -0.1) is 12.4 Å². The Hall–Kier alpha value is -2.70. The Kier molecular flexibility index (Phi) is 7.72. The zero-order chi connectivity index (χ0) is 19.2. The number of hydrogen-bond donors (Lipinski definition) is 1. The Morgan fingerprint density at radius 1 is 0.893 bits per heavy atom. The number of rotatable bonds is 8. The van der Waals surface area contributed by atoms with Crippen molar-refractivity contribution in [3.63, 3.8) is 0 Å². The predicted octanol–water partition coefficient (Wildman–Crippen LogP) is 2.12. The molecule has 0 atom stereocenters. The average molecular weight is 402 g/mol. The second-order valence-corrected chi connectivity index (χ2v) is 6.46. The van der Waals surface area contributed by atoms with Crippen molar-refractivity contribution in [2.45, 2.75) is 12.8 Å². The number of fused-ring (bicyclic) bond motifs is 1. The highest BCUT2D eigenvalue weighted by Gasteiger charge is 2.35. The fourth-order valence-electron chi connectivity index (χ4n) is 3.23. The van der Waals surface area contributed by atoms with Crippen molar-refractivity contribution in [2.24, 2.45) is 5.73 Å². The van der Waals surface area contributed by atoms with E-state index in [1.54, 1.807) is 29.2 Å². The highest BCUT2D eigenvalue weighted by molar-refractivity contribution is 6.21. The lowest BCUT2D eigenvalue weighted by Gasteiger charge is -2.23. The number of carbonyl (C=O) groups is 3. The number of nitrogens with two attached hydrogens (primary N) is 1. The maximum Gasteiger partial charge on any atom is 0.261 e. The van der Waals surface area contributed by atoms with E-state index in [1.165, 1.54) is 0 Å². The third kappa shape index (κ3) is 4.77. The van der Waals surface area contributed by atoms with Crippen molar-refractivity contribution in [2.75, 3.05) is 26.2 Å². The summed E-state index contributed by atoms with van der Waals surface area (Å²) in [7, 11) is 0. The predicted molar refractivity (Wildman–Crippen MR) is 109 cm³/mol. The molecule has 0 saturated heterocycles. The molecule has 0 radical (unpaired) electrons. The lowest BCUT2D eigenvalue weighted by molar-refractivity contribution is -0.131. The van der Waals surface area contributed by atoms with Crippen LogP contribution in [-0.4, -0.2) is 53.7 Å². The first kappa shape index (κ1) is 21.6. The molecule has 0 aliphatic carbocycles. The standard InChI is InChI=1S/C21H23N3O3.ClH/c22-12-15-23(13-10-16-6-2-1-3-7-16)19(25)11-14-24-20(26)17-8-4-5-9-18(17)21(24)27;/h1-9H,10-15,22H2;1H. The topological polar surface area (TPSA) is 83.7 Å². The molecule has 148 valence electrons. The van der Waals surface area contributed by atoms with E-state index in [4.69, 9.17) is 5.73 Å². The fourth-order valence-corrected chi connectivity index (χ4v) is 3.23. The number of nitrogens with zero attached hydrogens (tertiary/aromatic N) is 2. The average Bonchev–Trinajstić information content (AvgIpc) is 2.94. The third-order valence-electron chi connectivity index (χ3n) is 4.69. The van der Waals surface area contributed by atoms with Crippen LogP contribution in [0.3, 0.4) is 0 Å². The molecule has 1 heterocycles. The zero-order valence-electron chi connectivity index (χ0n) is 15.5. The summed E-state index contributed by atoms with van der Waals surface area (Å²) in [4.78, 5) is 40.2. The van der Waals surface area contributed by atoms with E-state index in [2.05, 4.69) is 0 Å². The molecule has 2 aromatic rings. The van der Waals surface area contributed by atoms with Crippen molar-refractivity contribution < 1.29 is 14.4 Å². The molecule has 2 N–H and O–H groups in total. The molecule has 0 fully saturated rings. The van der Waals surface area contributed by atoms with E-state index < -0.39 is 0 Å². The van der Waals surface area contributed by atoms with Crippen LogP contribution in [0.4, 0.5) is 0 Å². The first-order valence-electron chi connectivity index (χ1n) is 9.09. The second-order valence-electron chi connectivity index (χ2n) is 6.46. The smallest absolute Gasteiger partial charge is 0.261 e. The van der Waals surface area contributed by atoms with E-state index in [1.807, 2.05) is 30.3 Å². The molecular weight excluding hydrogens is 378 g/mol. The van der Waals surface area contributed by atoms with Crippen molar-refractivity contribution in [1.82, 2.24) is 9.80 Å². The van der Waals surface area contributed by atoms with Gasteiger partial charge >= 0.3 is 0 Å². The van der Waals surface area contributed by atoms with Crippen LogP contribution in [0.5, 0.6) is 0 Å². The monoisotopic (exact) mass is 401 g/mol. The largest absolute Gasteiger partial charge is 0.341 e. The van der Waals surface area contributed by atoms with Gasteiger partial charge in [0.2, 0.25) is 5.91 Å².